The molecule has 2 heterocycles. The molecule has 0 spiro atoms. The lowest BCUT2D eigenvalue weighted by Crippen LogP contribution is -2.48. The summed E-state index contributed by atoms with van der Waals surface area (Å²) in [5.74, 6) is 0.800. The smallest absolute Gasteiger partial charge is 0.416 e. The number of aromatic amines is 1. The van der Waals surface area contributed by atoms with Gasteiger partial charge < -0.3 is 9.15 Å². The van der Waals surface area contributed by atoms with Crippen LogP contribution in [-0.4, -0.2) is 55.9 Å². The molecule has 9 heteroatoms. The van der Waals surface area contributed by atoms with Crippen molar-refractivity contribution in [3.63, 3.8) is 0 Å². The highest BCUT2D eigenvalue weighted by Crippen LogP contribution is 2.26. The molecule has 0 aliphatic carbocycles. The first-order valence-electron chi connectivity index (χ1n) is 8.93. The van der Waals surface area contributed by atoms with Crippen molar-refractivity contribution >= 4 is 20.8 Å². The van der Waals surface area contributed by atoms with E-state index in [9.17, 15) is 13.2 Å². The number of hydrogen-bond donors (Lipinski definition) is 1. The summed E-state index contributed by atoms with van der Waals surface area (Å²) in [6.07, 6.45) is 1.54. The summed E-state index contributed by atoms with van der Waals surface area (Å²) in [6, 6.07) is 10.7. The monoisotopic (exact) mass is 403 g/mol. The minimum atomic E-state index is -3.57. The highest BCUT2D eigenvalue weighted by molar-refractivity contribution is 7.89. The van der Waals surface area contributed by atoms with E-state index in [1.807, 2.05) is 18.2 Å². The van der Waals surface area contributed by atoms with Gasteiger partial charge in [-0.2, -0.15) is 4.31 Å². The number of sulfonamides is 1. The molecule has 148 valence electrons. The van der Waals surface area contributed by atoms with E-state index >= 15 is 0 Å². The average Bonchev–Trinajstić information content (AvgIpc) is 3.12. The fraction of sp³-hybridized carbons (Fsp3) is 0.316. The third kappa shape index (κ3) is 3.68. The van der Waals surface area contributed by atoms with Gasteiger partial charge in [-0.25, -0.2) is 13.2 Å². The molecule has 1 aromatic heterocycles. The van der Waals surface area contributed by atoms with E-state index in [2.05, 4.69) is 9.88 Å². The summed E-state index contributed by atoms with van der Waals surface area (Å²) < 4.78 is 37.8. The van der Waals surface area contributed by atoms with Crippen molar-refractivity contribution in [1.29, 1.82) is 0 Å². The molecule has 2 aromatic carbocycles. The first kappa shape index (κ1) is 18.7. The molecule has 8 nitrogen and oxygen atoms in total. The summed E-state index contributed by atoms with van der Waals surface area (Å²) in [4.78, 5) is 15.9. The fourth-order valence-electron chi connectivity index (χ4n) is 3.38. The van der Waals surface area contributed by atoms with Crippen molar-refractivity contribution < 1.29 is 17.6 Å². The number of H-pyrrole nitrogens is 1. The molecule has 3 aromatic rings. The lowest BCUT2D eigenvalue weighted by Gasteiger charge is -2.33. The van der Waals surface area contributed by atoms with Crippen molar-refractivity contribution in [1.82, 2.24) is 14.2 Å². The summed E-state index contributed by atoms with van der Waals surface area (Å²) in [7, 11) is -1.96. The molecule has 0 bridgehead atoms. The highest BCUT2D eigenvalue weighted by atomic mass is 32.2. The molecule has 1 saturated heterocycles. The quantitative estimate of drug-likeness (QED) is 0.696. The van der Waals surface area contributed by atoms with Gasteiger partial charge in [-0.05, 0) is 35.0 Å². The van der Waals surface area contributed by atoms with Crippen LogP contribution in [0.4, 0.5) is 0 Å². The van der Waals surface area contributed by atoms with Gasteiger partial charge in [0.1, 0.15) is 11.5 Å². The fourth-order valence-corrected chi connectivity index (χ4v) is 4.84. The maximum Gasteiger partial charge on any atom is 0.416 e. The Morgan fingerprint density at radius 3 is 2.46 bits per heavy atom. The minimum absolute atomic E-state index is 0.287. The van der Waals surface area contributed by atoms with Crippen molar-refractivity contribution in [3.8, 4) is 5.75 Å². The predicted molar refractivity (Wildman–Crippen MR) is 104 cm³/mol. The number of fused-ring (bicyclic) bond motifs is 1. The Morgan fingerprint density at radius 1 is 1.07 bits per heavy atom. The first-order chi connectivity index (χ1) is 13.5. The van der Waals surface area contributed by atoms with Gasteiger partial charge in [-0.1, -0.05) is 12.1 Å². The van der Waals surface area contributed by atoms with Gasteiger partial charge >= 0.3 is 5.76 Å². The van der Waals surface area contributed by atoms with Crippen LogP contribution in [-0.2, 0) is 16.6 Å². The van der Waals surface area contributed by atoms with Crippen LogP contribution >= 0.6 is 0 Å². The third-order valence-corrected chi connectivity index (χ3v) is 6.84. The molecule has 0 unspecified atom stereocenters. The zero-order valence-corrected chi connectivity index (χ0v) is 16.2. The molecule has 1 aliphatic rings. The number of aromatic nitrogens is 1. The van der Waals surface area contributed by atoms with Crippen LogP contribution in [0.3, 0.4) is 0 Å². The molecule has 28 heavy (non-hydrogen) atoms. The van der Waals surface area contributed by atoms with Crippen LogP contribution in [0.5, 0.6) is 5.75 Å². The molecule has 0 saturated carbocycles. The summed E-state index contributed by atoms with van der Waals surface area (Å²) >= 11 is 0. The normalized spacial score (nSPS) is 16.5. The number of oxazole rings is 1. The second-order valence-corrected chi connectivity index (χ2v) is 8.64. The summed E-state index contributed by atoms with van der Waals surface area (Å²) in [6.45, 7) is 2.39. The van der Waals surface area contributed by atoms with Gasteiger partial charge in [-0.3, -0.25) is 9.88 Å². The second-order valence-electron chi connectivity index (χ2n) is 6.70. The number of piperazine rings is 1. The number of nitrogens with one attached hydrogen (secondary N) is 1. The third-order valence-electron chi connectivity index (χ3n) is 4.94. The topological polar surface area (TPSA) is 95.9 Å². The number of nitrogens with zero attached hydrogens (tertiary/aromatic N) is 2. The second kappa shape index (κ2) is 7.42. The zero-order chi connectivity index (χ0) is 19.7. The molecular formula is C19H21N3O5S. The Labute approximate surface area is 162 Å². The maximum atomic E-state index is 13.0. The van der Waals surface area contributed by atoms with Crippen LogP contribution in [0.25, 0.3) is 10.8 Å². The lowest BCUT2D eigenvalue weighted by molar-refractivity contribution is 0.170. The van der Waals surface area contributed by atoms with Gasteiger partial charge in [0.15, 0.2) is 0 Å². The number of rotatable bonds is 5. The Hall–Kier alpha value is -2.62. The molecular weight excluding hydrogens is 382 g/mol. The maximum absolute atomic E-state index is 13.0. The Bertz CT molecular complexity index is 1140. The summed E-state index contributed by atoms with van der Waals surface area (Å²) in [5, 5.41) is 1.78. The van der Waals surface area contributed by atoms with Crippen LogP contribution in [0.1, 0.15) is 5.76 Å². The number of ether oxygens (including phenoxy) is 1. The van der Waals surface area contributed by atoms with Crippen molar-refractivity contribution in [2.24, 2.45) is 0 Å². The first-order valence-corrected chi connectivity index (χ1v) is 10.4. The number of benzene rings is 2. The van der Waals surface area contributed by atoms with Gasteiger partial charge in [0.05, 0.1) is 18.6 Å². The molecule has 4 rings (SSSR count). The Kier molecular flexibility index (Phi) is 4.96. The van der Waals surface area contributed by atoms with Crippen molar-refractivity contribution in [2.75, 3.05) is 33.3 Å². The number of methoxy groups -OCH3 is 1. The largest absolute Gasteiger partial charge is 0.497 e. The van der Waals surface area contributed by atoms with Gasteiger partial charge in [-0.15, -0.1) is 0 Å². The molecule has 1 N–H and O–H groups in total. The van der Waals surface area contributed by atoms with E-state index in [0.29, 0.717) is 38.5 Å². The average molecular weight is 403 g/mol. The van der Waals surface area contributed by atoms with Crippen LogP contribution < -0.4 is 10.5 Å². The van der Waals surface area contributed by atoms with E-state index in [4.69, 9.17) is 9.15 Å². The molecule has 0 atom stereocenters. The predicted octanol–water partition coefficient (Wildman–Crippen LogP) is 1.64. The minimum Gasteiger partial charge on any atom is -0.497 e. The zero-order valence-electron chi connectivity index (χ0n) is 15.4. The lowest BCUT2D eigenvalue weighted by atomic mass is 10.1. The van der Waals surface area contributed by atoms with Crippen LogP contribution in [0.15, 0.2) is 56.7 Å². The van der Waals surface area contributed by atoms with E-state index < -0.39 is 15.8 Å². The molecule has 1 fully saturated rings. The standard InChI is InChI=1S/C19H21N3O5S/c1-26-16-4-2-15-11-18(5-3-14(15)10-16)28(24,25)22-8-6-21(7-9-22)13-17-12-20-19(23)27-17/h2-5,10-12H,6-9,13H2,1H3,(H,20,23). The van der Waals surface area contributed by atoms with Crippen molar-refractivity contribution in [2.45, 2.75) is 11.4 Å². The summed E-state index contributed by atoms with van der Waals surface area (Å²) in [5.41, 5.74) is 0. The van der Waals surface area contributed by atoms with Crippen LogP contribution in [0, 0.1) is 0 Å². The van der Waals surface area contributed by atoms with E-state index in [1.54, 1.807) is 25.3 Å². The molecule has 1 aliphatic heterocycles. The van der Waals surface area contributed by atoms with E-state index in [-0.39, 0.29) is 4.90 Å². The Morgan fingerprint density at radius 2 is 1.79 bits per heavy atom. The van der Waals surface area contributed by atoms with E-state index in [0.717, 1.165) is 16.5 Å². The SMILES string of the molecule is COc1ccc2cc(S(=O)(=O)N3CCN(Cc4c[nH]c(=O)o4)CC3)ccc2c1. The Balaban J connectivity index is 1.48. The number of hydrogen-bond acceptors (Lipinski definition) is 6. The molecule has 0 radical (unpaired) electrons. The van der Waals surface area contributed by atoms with Gasteiger partial charge in [0.25, 0.3) is 0 Å². The van der Waals surface area contributed by atoms with Crippen LogP contribution in [0.2, 0.25) is 0 Å². The highest BCUT2D eigenvalue weighted by Gasteiger charge is 2.29. The molecule has 0 amide bonds. The van der Waals surface area contributed by atoms with Gasteiger partial charge in [0, 0.05) is 32.4 Å². The van der Waals surface area contributed by atoms with Crippen molar-refractivity contribution in [3.05, 3.63) is 58.9 Å². The van der Waals surface area contributed by atoms with E-state index in [1.165, 1.54) is 10.5 Å². The van der Waals surface area contributed by atoms with Gasteiger partial charge in [0.2, 0.25) is 10.0 Å².